The van der Waals surface area contributed by atoms with E-state index in [-0.39, 0.29) is 11.6 Å². The lowest BCUT2D eigenvalue weighted by molar-refractivity contribution is 0.122. The van der Waals surface area contributed by atoms with Crippen LogP contribution in [-0.2, 0) is 21.3 Å². The van der Waals surface area contributed by atoms with Crippen LogP contribution in [0.25, 0.3) is 11.3 Å². The summed E-state index contributed by atoms with van der Waals surface area (Å²) in [7, 11) is -3.23. The zero-order valence-corrected chi connectivity index (χ0v) is 20.7. The zero-order valence-electron chi connectivity index (χ0n) is 19.1. The quantitative estimate of drug-likeness (QED) is 0.451. The third kappa shape index (κ3) is 6.32. The number of nitrogens with one attached hydrogen (secondary N) is 1. The van der Waals surface area contributed by atoms with E-state index in [2.05, 4.69) is 43.8 Å². The van der Waals surface area contributed by atoms with Gasteiger partial charge >= 0.3 is 0 Å². The Morgan fingerprint density at radius 2 is 1.79 bits per heavy atom. The van der Waals surface area contributed by atoms with E-state index in [0.29, 0.717) is 25.2 Å². The topological polar surface area (TPSA) is 75.9 Å². The van der Waals surface area contributed by atoms with Crippen LogP contribution in [0.2, 0.25) is 0 Å². The number of hydrogen-bond acceptors (Lipinski definition) is 6. The third-order valence-corrected chi connectivity index (χ3v) is 7.92. The second-order valence-electron chi connectivity index (χ2n) is 7.94. The molecule has 4 rings (SSSR count). The van der Waals surface area contributed by atoms with E-state index in [0.717, 1.165) is 42.4 Å². The summed E-state index contributed by atoms with van der Waals surface area (Å²) in [4.78, 5) is 7.80. The number of ether oxygens (including phenoxy) is 1. The van der Waals surface area contributed by atoms with E-state index in [9.17, 15) is 12.8 Å². The Kier molecular flexibility index (Phi) is 8.15. The Morgan fingerprint density at radius 1 is 1.09 bits per heavy atom. The minimum Gasteiger partial charge on any atom is -0.378 e. The predicted octanol–water partition coefficient (Wildman–Crippen LogP) is 3.75. The normalized spacial score (nSPS) is 15.1. The molecule has 0 amide bonds. The van der Waals surface area contributed by atoms with Crippen molar-refractivity contribution in [2.45, 2.75) is 19.9 Å². The van der Waals surface area contributed by atoms with Gasteiger partial charge in [-0.05, 0) is 55.3 Å². The van der Waals surface area contributed by atoms with Gasteiger partial charge in [0.15, 0.2) is 4.80 Å². The molecule has 2 heterocycles. The maximum absolute atomic E-state index is 13.3. The molecule has 7 nitrogen and oxygen atoms in total. The summed E-state index contributed by atoms with van der Waals surface area (Å²) in [6, 6.07) is 14.5. The summed E-state index contributed by atoms with van der Waals surface area (Å²) in [6.07, 6.45) is 0.616. The first kappa shape index (κ1) is 24.6. The standard InChI is InChI=1S/C24H29FN4O3S2/c1-2-34(30,31)26-12-3-13-29-23(18-33-24(29)27-21-8-6-20(25)7-9-21)19-4-10-22(11-5-19)28-14-16-32-17-15-28/h4-11,18,26H,2-3,12-17H2,1H3. The van der Waals surface area contributed by atoms with Gasteiger partial charge in [0, 0.05) is 37.2 Å². The smallest absolute Gasteiger partial charge is 0.211 e. The highest BCUT2D eigenvalue weighted by molar-refractivity contribution is 7.89. The Hall–Kier alpha value is -2.53. The lowest BCUT2D eigenvalue weighted by atomic mass is 10.1. The van der Waals surface area contributed by atoms with Gasteiger partial charge < -0.3 is 14.2 Å². The van der Waals surface area contributed by atoms with Gasteiger partial charge in [-0.25, -0.2) is 22.5 Å². The first-order chi connectivity index (χ1) is 16.4. The average Bonchev–Trinajstić information content (AvgIpc) is 3.26. The molecule has 0 aliphatic carbocycles. The van der Waals surface area contributed by atoms with Crippen LogP contribution >= 0.6 is 11.3 Å². The van der Waals surface area contributed by atoms with Crippen LogP contribution in [0.5, 0.6) is 0 Å². The molecule has 1 aliphatic rings. The van der Waals surface area contributed by atoms with E-state index in [1.54, 1.807) is 19.1 Å². The van der Waals surface area contributed by atoms with Crippen molar-refractivity contribution in [3.63, 3.8) is 0 Å². The molecule has 1 N–H and O–H groups in total. The number of morpholine rings is 1. The first-order valence-corrected chi connectivity index (χ1v) is 13.9. The summed E-state index contributed by atoms with van der Waals surface area (Å²) in [5.41, 5.74) is 3.90. The number of aromatic nitrogens is 1. The number of nitrogens with zero attached hydrogens (tertiary/aromatic N) is 3. The summed E-state index contributed by atoms with van der Waals surface area (Å²) in [5, 5.41) is 2.06. The summed E-state index contributed by atoms with van der Waals surface area (Å²) in [6.45, 7) is 5.80. The van der Waals surface area contributed by atoms with Crippen molar-refractivity contribution in [1.29, 1.82) is 0 Å². The Morgan fingerprint density at radius 3 is 2.47 bits per heavy atom. The van der Waals surface area contributed by atoms with Gasteiger partial charge in [-0.15, -0.1) is 11.3 Å². The summed E-state index contributed by atoms with van der Waals surface area (Å²) < 4.78 is 47.0. The lowest BCUT2D eigenvalue weighted by Crippen LogP contribution is -2.36. The van der Waals surface area contributed by atoms with Gasteiger partial charge in [-0.3, -0.25) is 0 Å². The Balaban J connectivity index is 1.60. The van der Waals surface area contributed by atoms with E-state index in [1.807, 2.05) is 0 Å². The second-order valence-corrected chi connectivity index (χ2v) is 10.9. The van der Waals surface area contributed by atoms with Gasteiger partial charge in [-0.1, -0.05) is 12.1 Å². The van der Waals surface area contributed by atoms with Crippen LogP contribution in [0.4, 0.5) is 15.8 Å². The van der Waals surface area contributed by atoms with E-state index >= 15 is 0 Å². The van der Waals surface area contributed by atoms with Crippen molar-refractivity contribution >= 4 is 32.7 Å². The molecular weight excluding hydrogens is 475 g/mol. The van der Waals surface area contributed by atoms with Crippen molar-refractivity contribution in [2.24, 2.45) is 4.99 Å². The fourth-order valence-electron chi connectivity index (χ4n) is 3.72. The molecule has 1 aliphatic heterocycles. The number of anilines is 1. The summed E-state index contributed by atoms with van der Waals surface area (Å²) in [5.74, 6) is -0.243. The molecule has 10 heteroatoms. The fraction of sp³-hybridized carbons (Fsp3) is 0.375. The van der Waals surface area contributed by atoms with E-state index in [1.165, 1.54) is 29.2 Å². The van der Waals surface area contributed by atoms with Crippen LogP contribution in [0.15, 0.2) is 58.9 Å². The molecule has 0 saturated carbocycles. The summed E-state index contributed by atoms with van der Waals surface area (Å²) >= 11 is 1.51. The highest BCUT2D eigenvalue weighted by Crippen LogP contribution is 2.25. The van der Waals surface area contributed by atoms with Crippen molar-refractivity contribution in [3.05, 3.63) is 64.5 Å². The average molecular weight is 505 g/mol. The van der Waals surface area contributed by atoms with Crippen LogP contribution in [0.1, 0.15) is 13.3 Å². The van der Waals surface area contributed by atoms with Crippen LogP contribution in [0.3, 0.4) is 0 Å². The van der Waals surface area contributed by atoms with Crippen molar-refractivity contribution in [3.8, 4) is 11.3 Å². The zero-order chi connectivity index (χ0) is 24.0. The molecule has 34 heavy (non-hydrogen) atoms. The van der Waals surface area contributed by atoms with Crippen molar-refractivity contribution in [2.75, 3.05) is 43.5 Å². The van der Waals surface area contributed by atoms with Crippen LogP contribution < -0.4 is 14.4 Å². The molecule has 0 bridgehead atoms. The Bertz CT molecular complexity index is 1250. The molecule has 0 unspecified atom stereocenters. The lowest BCUT2D eigenvalue weighted by Gasteiger charge is -2.28. The molecular formula is C24H29FN4O3S2. The number of thiazole rings is 1. The first-order valence-electron chi connectivity index (χ1n) is 11.3. The Labute approximate surface area is 203 Å². The van der Waals surface area contributed by atoms with Gasteiger partial charge in [-0.2, -0.15) is 0 Å². The monoisotopic (exact) mass is 504 g/mol. The molecule has 1 fully saturated rings. The molecule has 0 spiro atoms. The largest absolute Gasteiger partial charge is 0.378 e. The highest BCUT2D eigenvalue weighted by atomic mass is 32.2. The van der Waals surface area contributed by atoms with Crippen molar-refractivity contribution < 1.29 is 17.5 Å². The minimum atomic E-state index is -3.23. The number of hydrogen-bond donors (Lipinski definition) is 1. The molecule has 2 aromatic carbocycles. The SMILES string of the molecule is CCS(=O)(=O)NCCCn1c(-c2ccc(N3CCOCC3)cc2)csc1=Nc1ccc(F)cc1. The molecule has 0 radical (unpaired) electrons. The predicted molar refractivity (Wildman–Crippen MR) is 134 cm³/mol. The van der Waals surface area contributed by atoms with Gasteiger partial charge in [0.05, 0.1) is 30.3 Å². The number of rotatable bonds is 9. The minimum absolute atomic E-state index is 0.0600. The number of benzene rings is 2. The number of sulfonamides is 1. The third-order valence-electron chi connectivity index (χ3n) is 5.65. The van der Waals surface area contributed by atoms with Crippen LogP contribution in [-0.4, -0.2) is 51.6 Å². The van der Waals surface area contributed by atoms with Gasteiger partial charge in [0.1, 0.15) is 5.82 Å². The molecule has 3 aromatic rings. The molecule has 182 valence electrons. The van der Waals surface area contributed by atoms with Crippen molar-refractivity contribution in [1.82, 2.24) is 9.29 Å². The van der Waals surface area contributed by atoms with E-state index < -0.39 is 10.0 Å². The van der Waals surface area contributed by atoms with Gasteiger partial charge in [0.2, 0.25) is 10.0 Å². The maximum atomic E-state index is 13.3. The number of halogens is 1. The van der Waals surface area contributed by atoms with E-state index in [4.69, 9.17) is 9.73 Å². The van der Waals surface area contributed by atoms with Gasteiger partial charge in [0.25, 0.3) is 0 Å². The maximum Gasteiger partial charge on any atom is 0.211 e. The molecule has 1 aromatic heterocycles. The second kappa shape index (κ2) is 11.3. The molecule has 1 saturated heterocycles. The highest BCUT2D eigenvalue weighted by Gasteiger charge is 2.13. The molecule has 0 atom stereocenters. The van der Waals surface area contributed by atoms with Crippen LogP contribution in [0, 0.1) is 5.82 Å². The fourth-order valence-corrected chi connectivity index (χ4v) is 5.34.